The number of hydrogen-bond acceptors (Lipinski definition) is 3. The van der Waals surface area contributed by atoms with E-state index in [2.05, 4.69) is 12.1 Å². The molecule has 0 atom stereocenters. The minimum Gasteiger partial charge on any atom is -0.496 e. The van der Waals surface area contributed by atoms with Gasteiger partial charge in [-0.05, 0) is 31.4 Å². The van der Waals surface area contributed by atoms with Crippen molar-refractivity contribution in [2.24, 2.45) is 0 Å². The Morgan fingerprint density at radius 2 is 2.17 bits per heavy atom. The van der Waals surface area contributed by atoms with Crippen molar-refractivity contribution in [2.75, 3.05) is 13.7 Å². The Labute approximate surface area is 107 Å². The van der Waals surface area contributed by atoms with Crippen molar-refractivity contribution in [3.63, 3.8) is 0 Å². The van der Waals surface area contributed by atoms with Crippen LogP contribution in [-0.2, 0) is 16.0 Å². The molecule has 1 aromatic rings. The van der Waals surface area contributed by atoms with Crippen LogP contribution < -0.4 is 4.74 Å². The molecule has 0 fully saturated rings. The summed E-state index contributed by atoms with van der Waals surface area (Å²) < 4.78 is 10.3. The average Bonchev–Trinajstić information content (AvgIpc) is 2.38. The molecule has 1 aliphatic rings. The summed E-state index contributed by atoms with van der Waals surface area (Å²) >= 11 is 0. The largest absolute Gasteiger partial charge is 0.496 e. The van der Waals surface area contributed by atoms with Crippen molar-refractivity contribution in [3.05, 3.63) is 34.9 Å². The molecular formula is C15H18O3. The number of carbonyl (C=O) groups excluding carboxylic acids is 1. The molecule has 0 radical (unpaired) electrons. The third kappa shape index (κ3) is 2.73. The van der Waals surface area contributed by atoms with Crippen LogP contribution in [0.1, 0.15) is 30.9 Å². The van der Waals surface area contributed by atoms with E-state index >= 15 is 0 Å². The van der Waals surface area contributed by atoms with E-state index in [0.29, 0.717) is 13.0 Å². The van der Waals surface area contributed by atoms with Gasteiger partial charge in [0.05, 0.1) is 20.1 Å². The molecular weight excluding hydrogens is 228 g/mol. The number of hydrogen-bond donors (Lipinski definition) is 0. The second-order valence-corrected chi connectivity index (χ2v) is 4.32. The SMILES string of the molecule is CCOC(=O)CC1=Cc2c(cccc2OC)CC1. The molecule has 1 aromatic carbocycles. The Bertz CT molecular complexity index is 475. The van der Waals surface area contributed by atoms with Crippen molar-refractivity contribution < 1.29 is 14.3 Å². The molecule has 0 saturated heterocycles. The molecule has 0 aromatic heterocycles. The van der Waals surface area contributed by atoms with E-state index in [9.17, 15) is 4.79 Å². The van der Waals surface area contributed by atoms with Gasteiger partial charge in [0.1, 0.15) is 5.75 Å². The lowest BCUT2D eigenvalue weighted by atomic mass is 9.90. The predicted octanol–water partition coefficient (Wildman–Crippen LogP) is 2.98. The number of esters is 1. The summed E-state index contributed by atoms with van der Waals surface area (Å²) in [5, 5.41) is 0. The second kappa shape index (κ2) is 5.71. The molecule has 0 amide bonds. The number of fused-ring (bicyclic) bond motifs is 1. The molecule has 96 valence electrons. The molecule has 0 bridgehead atoms. The van der Waals surface area contributed by atoms with Crippen LogP contribution in [0.15, 0.2) is 23.8 Å². The molecule has 0 N–H and O–H groups in total. The van der Waals surface area contributed by atoms with E-state index in [0.717, 1.165) is 29.7 Å². The van der Waals surface area contributed by atoms with E-state index < -0.39 is 0 Å². The summed E-state index contributed by atoms with van der Waals surface area (Å²) in [5.41, 5.74) is 3.50. The summed E-state index contributed by atoms with van der Waals surface area (Å²) in [6.45, 7) is 2.26. The first kappa shape index (κ1) is 12.7. The number of benzene rings is 1. The summed E-state index contributed by atoms with van der Waals surface area (Å²) in [6, 6.07) is 6.06. The van der Waals surface area contributed by atoms with Crippen LogP contribution in [0.5, 0.6) is 5.75 Å². The molecule has 0 spiro atoms. The van der Waals surface area contributed by atoms with Gasteiger partial charge in [-0.2, -0.15) is 0 Å². The van der Waals surface area contributed by atoms with Gasteiger partial charge < -0.3 is 9.47 Å². The summed E-state index contributed by atoms with van der Waals surface area (Å²) in [5.74, 6) is 0.718. The topological polar surface area (TPSA) is 35.5 Å². The van der Waals surface area contributed by atoms with Gasteiger partial charge in [0.25, 0.3) is 0 Å². The van der Waals surface area contributed by atoms with Crippen LogP contribution in [0, 0.1) is 0 Å². The number of rotatable bonds is 4. The van der Waals surface area contributed by atoms with Gasteiger partial charge in [0.15, 0.2) is 0 Å². The van der Waals surface area contributed by atoms with E-state index in [-0.39, 0.29) is 5.97 Å². The van der Waals surface area contributed by atoms with Gasteiger partial charge in [-0.25, -0.2) is 0 Å². The van der Waals surface area contributed by atoms with Crippen LogP contribution >= 0.6 is 0 Å². The quantitative estimate of drug-likeness (QED) is 0.766. The van der Waals surface area contributed by atoms with Crippen LogP contribution in [0.4, 0.5) is 0 Å². The third-order valence-corrected chi connectivity index (χ3v) is 3.12. The molecule has 0 unspecified atom stereocenters. The molecule has 0 saturated carbocycles. The first-order valence-corrected chi connectivity index (χ1v) is 6.25. The normalized spacial score (nSPS) is 13.6. The van der Waals surface area contributed by atoms with Gasteiger partial charge in [0, 0.05) is 5.56 Å². The molecule has 18 heavy (non-hydrogen) atoms. The van der Waals surface area contributed by atoms with Crippen molar-refractivity contribution >= 4 is 12.0 Å². The van der Waals surface area contributed by atoms with E-state index in [1.54, 1.807) is 7.11 Å². The molecule has 3 nitrogen and oxygen atoms in total. The Kier molecular flexibility index (Phi) is 4.03. The minimum absolute atomic E-state index is 0.151. The standard InChI is InChI=1S/C15H18O3/c1-3-18-15(16)10-11-7-8-12-5-4-6-14(17-2)13(12)9-11/h4-6,9H,3,7-8,10H2,1-2H3. The fourth-order valence-corrected chi connectivity index (χ4v) is 2.26. The highest BCUT2D eigenvalue weighted by Gasteiger charge is 2.16. The Balaban J connectivity index is 2.21. The van der Waals surface area contributed by atoms with Gasteiger partial charge in [-0.15, -0.1) is 0 Å². The lowest BCUT2D eigenvalue weighted by Crippen LogP contribution is -2.08. The van der Waals surface area contributed by atoms with Crippen molar-refractivity contribution in [1.29, 1.82) is 0 Å². The average molecular weight is 246 g/mol. The summed E-state index contributed by atoms with van der Waals surface area (Å²) in [7, 11) is 1.67. The maximum atomic E-state index is 11.5. The molecule has 0 heterocycles. The maximum absolute atomic E-state index is 11.5. The lowest BCUT2D eigenvalue weighted by Gasteiger charge is -2.18. The van der Waals surface area contributed by atoms with Crippen molar-refractivity contribution in [3.8, 4) is 5.75 Å². The number of methoxy groups -OCH3 is 1. The van der Waals surface area contributed by atoms with Crippen molar-refractivity contribution in [1.82, 2.24) is 0 Å². The highest BCUT2D eigenvalue weighted by molar-refractivity contribution is 5.76. The number of aryl methyl sites for hydroxylation is 1. The smallest absolute Gasteiger partial charge is 0.309 e. The first-order valence-electron chi connectivity index (χ1n) is 6.25. The third-order valence-electron chi connectivity index (χ3n) is 3.12. The van der Waals surface area contributed by atoms with Crippen molar-refractivity contribution in [2.45, 2.75) is 26.2 Å². The summed E-state index contributed by atoms with van der Waals surface area (Å²) in [6.07, 6.45) is 4.32. The van der Waals surface area contributed by atoms with Crippen LogP contribution in [-0.4, -0.2) is 19.7 Å². The molecule has 2 rings (SSSR count). The van der Waals surface area contributed by atoms with E-state index in [1.807, 2.05) is 19.1 Å². The Hall–Kier alpha value is -1.77. The number of ether oxygens (including phenoxy) is 2. The van der Waals surface area contributed by atoms with E-state index in [1.165, 1.54) is 5.56 Å². The first-order chi connectivity index (χ1) is 8.74. The Morgan fingerprint density at radius 3 is 2.89 bits per heavy atom. The van der Waals surface area contributed by atoms with Gasteiger partial charge in [-0.3, -0.25) is 4.79 Å². The molecule has 1 aliphatic carbocycles. The zero-order chi connectivity index (χ0) is 13.0. The molecule has 0 aliphatic heterocycles. The van der Waals surface area contributed by atoms with E-state index in [4.69, 9.17) is 9.47 Å². The van der Waals surface area contributed by atoms with Crippen LogP contribution in [0.2, 0.25) is 0 Å². The summed E-state index contributed by atoms with van der Waals surface area (Å²) in [4.78, 5) is 11.5. The zero-order valence-corrected chi connectivity index (χ0v) is 10.9. The van der Waals surface area contributed by atoms with Crippen LogP contribution in [0.3, 0.4) is 0 Å². The maximum Gasteiger partial charge on any atom is 0.309 e. The lowest BCUT2D eigenvalue weighted by molar-refractivity contribution is -0.142. The monoisotopic (exact) mass is 246 g/mol. The van der Waals surface area contributed by atoms with Gasteiger partial charge in [0.2, 0.25) is 0 Å². The predicted molar refractivity (Wildman–Crippen MR) is 70.5 cm³/mol. The second-order valence-electron chi connectivity index (χ2n) is 4.32. The van der Waals surface area contributed by atoms with Gasteiger partial charge in [-0.1, -0.05) is 23.8 Å². The fraction of sp³-hybridized carbons (Fsp3) is 0.400. The molecule has 3 heteroatoms. The van der Waals surface area contributed by atoms with Crippen LogP contribution in [0.25, 0.3) is 6.08 Å². The zero-order valence-electron chi connectivity index (χ0n) is 10.9. The fourth-order valence-electron chi connectivity index (χ4n) is 2.26. The number of carbonyl (C=O) groups is 1. The van der Waals surface area contributed by atoms with Gasteiger partial charge >= 0.3 is 5.97 Å². The highest BCUT2D eigenvalue weighted by Crippen LogP contribution is 2.32. The highest BCUT2D eigenvalue weighted by atomic mass is 16.5. The minimum atomic E-state index is -0.151. The Morgan fingerprint density at radius 1 is 1.33 bits per heavy atom.